The van der Waals surface area contributed by atoms with Crippen molar-refractivity contribution in [3.05, 3.63) is 34.6 Å². The standard InChI is InChI=1S/C11H14ClFN2O/c1-8(16)15-5-4-14-7-9-6-10(13)2-3-11(9)12/h2-3,6,14H,4-5,7H2,1H3,(H,15,16). The Balaban J connectivity index is 2.31. The van der Waals surface area contributed by atoms with Crippen LogP contribution in [0.25, 0.3) is 0 Å². The lowest BCUT2D eigenvalue weighted by atomic mass is 10.2. The van der Waals surface area contributed by atoms with E-state index in [4.69, 9.17) is 11.6 Å². The third-order valence-corrected chi connectivity index (χ3v) is 2.37. The van der Waals surface area contributed by atoms with Crippen molar-refractivity contribution in [3.63, 3.8) is 0 Å². The van der Waals surface area contributed by atoms with E-state index in [1.807, 2.05) is 0 Å². The number of rotatable bonds is 5. The van der Waals surface area contributed by atoms with Crippen LogP contribution >= 0.6 is 11.6 Å². The molecule has 0 bridgehead atoms. The quantitative estimate of drug-likeness (QED) is 0.775. The molecule has 2 N–H and O–H groups in total. The van der Waals surface area contributed by atoms with Gasteiger partial charge < -0.3 is 10.6 Å². The van der Waals surface area contributed by atoms with E-state index < -0.39 is 0 Å². The molecule has 0 fully saturated rings. The van der Waals surface area contributed by atoms with E-state index in [1.54, 1.807) is 0 Å². The Morgan fingerprint density at radius 2 is 2.19 bits per heavy atom. The van der Waals surface area contributed by atoms with Crippen LogP contribution in [0.1, 0.15) is 12.5 Å². The second kappa shape index (κ2) is 6.45. The normalized spacial score (nSPS) is 10.2. The minimum Gasteiger partial charge on any atom is -0.355 e. The molecule has 0 spiro atoms. The zero-order valence-corrected chi connectivity index (χ0v) is 9.77. The van der Waals surface area contributed by atoms with E-state index in [2.05, 4.69) is 10.6 Å². The van der Waals surface area contributed by atoms with Crippen LogP contribution in [0.4, 0.5) is 4.39 Å². The Hall–Kier alpha value is -1.13. The predicted molar refractivity (Wildman–Crippen MR) is 61.8 cm³/mol. The molecule has 0 unspecified atom stereocenters. The molecule has 0 aromatic heterocycles. The summed E-state index contributed by atoms with van der Waals surface area (Å²) in [5.74, 6) is -0.367. The predicted octanol–water partition coefficient (Wildman–Crippen LogP) is 1.70. The molecule has 3 nitrogen and oxygen atoms in total. The van der Waals surface area contributed by atoms with E-state index >= 15 is 0 Å². The first-order valence-corrected chi connectivity index (χ1v) is 5.36. The van der Waals surface area contributed by atoms with Gasteiger partial charge in [0.2, 0.25) is 5.91 Å². The average molecular weight is 245 g/mol. The molecule has 1 aromatic carbocycles. The average Bonchev–Trinajstić information content (AvgIpc) is 2.22. The van der Waals surface area contributed by atoms with Crippen LogP contribution in [0.2, 0.25) is 5.02 Å². The molecule has 16 heavy (non-hydrogen) atoms. The summed E-state index contributed by atoms with van der Waals surface area (Å²) >= 11 is 5.88. The molecule has 0 aliphatic rings. The summed E-state index contributed by atoms with van der Waals surface area (Å²) in [6, 6.07) is 4.25. The van der Waals surface area contributed by atoms with Gasteiger partial charge in [0.25, 0.3) is 0 Å². The maximum atomic E-state index is 12.9. The molecular weight excluding hydrogens is 231 g/mol. The third kappa shape index (κ3) is 4.59. The van der Waals surface area contributed by atoms with Gasteiger partial charge >= 0.3 is 0 Å². The Morgan fingerprint density at radius 1 is 1.44 bits per heavy atom. The smallest absolute Gasteiger partial charge is 0.216 e. The van der Waals surface area contributed by atoms with Gasteiger partial charge in [0, 0.05) is 31.6 Å². The Bertz CT molecular complexity index is 371. The first-order valence-electron chi connectivity index (χ1n) is 4.98. The molecule has 88 valence electrons. The number of carbonyl (C=O) groups excluding carboxylic acids is 1. The van der Waals surface area contributed by atoms with Crippen LogP contribution in [0.3, 0.4) is 0 Å². The highest BCUT2D eigenvalue weighted by Gasteiger charge is 2.01. The molecule has 5 heteroatoms. The number of hydrogen-bond donors (Lipinski definition) is 2. The van der Waals surface area contributed by atoms with Gasteiger partial charge in [-0.25, -0.2) is 4.39 Å². The largest absolute Gasteiger partial charge is 0.355 e. The second-order valence-corrected chi connectivity index (χ2v) is 3.80. The van der Waals surface area contributed by atoms with Crippen LogP contribution < -0.4 is 10.6 Å². The van der Waals surface area contributed by atoms with Crippen molar-refractivity contribution in [1.29, 1.82) is 0 Å². The van der Waals surface area contributed by atoms with E-state index in [1.165, 1.54) is 25.1 Å². The highest BCUT2D eigenvalue weighted by molar-refractivity contribution is 6.31. The van der Waals surface area contributed by atoms with Gasteiger partial charge in [-0.1, -0.05) is 11.6 Å². The lowest BCUT2D eigenvalue weighted by molar-refractivity contribution is -0.118. The minimum atomic E-state index is -0.303. The van der Waals surface area contributed by atoms with Crippen molar-refractivity contribution < 1.29 is 9.18 Å². The molecule has 1 rings (SSSR count). The van der Waals surface area contributed by atoms with Crippen molar-refractivity contribution in [1.82, 2.24) is 10.6 Å². The summed E-state index contributed by atoms with van der Waals surface area (Å²) in [5, 5.41) is 6.24. The first kappa shape index (κ1) is 12.9. The van der Waals surface area contributed by atoms with Crippen molar-refractivity contribution in [3.8, 4) is 0 Å². The van der Waals surface area contributed by atoms with Gasteiger partial charge in [0.05, 0.1) is 0 Å². The van der Waals surface area contributed by atoms with E-state index in [9.17, 15) is 9.18 Å². The summed E-state index contributed by atoms with van der Waals surface area (Å²) in [7, 11) is 0. The number of benzene rings is 1. The van der Waals surface area contributed by atoms with E-state index in [0.717, 1.165) is 0 Å². The van der Waals surface area contributed by atoms with Gasteiger partial charge in [-0.15, -0.1) is 0 Å². The highest BCUT2D eigenvalue weighted by atomic mass is 35.5. The molecule has 1 amide bonds. The maximum Gasteiger partial charge on any atom is 0.216 e. The fraction of sp³-hybridized carbons (Fsp3) is 0.364. The maximum absolute atomic E-state index is 12.9. The molecule has 0 atom stereocenters. The zero-order chi connectivity index (χ0) is 12.0. The molecule has 1 aromatic rings. The van der Waals surface area contributed by atoms with Crippen LogP contribution in [-0.4, -0.2) is 19.0 Å². The SMILES string of the molecule is CC(=O)NCCNCc1cc(F)ccc1Cl. The summed E-state index contributed by atoms with van der Waals surface area (Å²) in [5.41, 5.74) is 0.712. The minimum absolute atomic E-state index is 0.0643. The van der Waals surface area contributed by atoms with Crippen LogP contribution in [0.5, 0.6) is 0 Å². The Morgan fingerprint density at radius 3 is 2.88 bits per heavy atom. The summed E-state index contributed by atoms with van der Waals surface area (Å²) < 4.78 is 12.9. The molecular formula is C11H14ClFN2O. The Kier molecular flexibility index (Phi) is 5.22. The summed E-state index contributed by atoms with van der Waals surface area (Å²) in [6.45, 7) is 3.11. The van der Waals surface area contributed by atoms with Crippen molar-refractivity contribution >= 4 is 17.5 Å². The van der Waals surface area contributed by atoms with Crippen molar-refractivity contribution in [2.24, 2.45) is 0 Å². The number of carbonyl (C=O) groups is 1. The van der Waals surface area contributed by atoms with Gasteiger partial charge in [-0.3, -0.25) is 4.79 Å². The van der Waals surface area contributed by atoms with Gasteiger partial charge in [0.1, 0.15) is 5.82 Å². The molecule has 0 radical (unpaired) electrons. The monoisotopic (exact) mass is 244 g/mol. The number of halogens is 2. The number of amides is 1. The van der Waals surface area contributed by atoms with Gasteiger partial charge in [-0.05, 0) is 23.8 Å². The zero-order valence-electron chi connectivity index (χ0n) is 9.02. The van der Waals surface area contributed by atoms with Crippen molar-refractivity contribution in [2.75, 3.05) is 13.1 Å². The third-order valence-electron chi connectivity index (χ3n) is 2.00. The topological polar surface area (TPSA) is 41.1 Å². The van der Waals surface area contributed by atoms with Crippen molar-refractivity contribution in [2.45, 2.75) is 13.5 Å². The lowest BCUT2D eigenvalue weighted by Crippen LogP contribution is -2.29. The number of hydrogen-bond acceptors (Lipinski definition) is 2. The molecule has 0 saturated heterocycles. The number of nitrogens with one attached hydrogen (secondary N) is 2. The second-order valence-electron chi connectivity index (χ2n) is 3.40. The van der Waals surface area contributed by atoms with Gasteiger partial charge in [0.15, 0.2) is 0 Å². The van der Waals surface area contributed by atoms with Crippen LogP contribution in [0, 0.1) is 5.82 Å². The Labute approximate surface area is 99.0 Å². The fourth-order valence-electron chi connectivity index (χ4n) is 1.23. The van der Waals surface area contributed by atoms with E-state index in [-0.39, 0.29) is 11.7 Å². The van der Waals surface area contributed by atoms with E-state index in [0.29, 0.717) is 30.2 Å². The molecule has 0 heterocycles. The summed E-state index contributed by atoms with van der Waals surface area (Å²) in [4.78, 5) is 10.6. The lowest BCUT2D eigenvalue weighted by Gasteiger charge is -2.07. The molecule has 0 saturated carbocycles. The first-order chi connectivity index (χ1) is 7.59. The van der Waals surface area contributed by atoms with Crippen LogP contribution in [0.15, 0.2) is 18.2 Å². The van der Waals surface area contributed by atoms with Crippen LogP contribution in [-0.2, 0) is 11.3 Å². The summed E-state index contributed by atoms with van der Waals surface area (Å²) in [6.07, 6.45) is 0. The van der Waals surface area contributed by atoms with Gasteiger partial charge in [-0.2, -0.15) is 0 Å². The fourth-order valence-corrected chi connectivity index (χ4v) is 1.41. The molecule has 0 aliphatic heterocycles. The highest BCUT2D eigenvalue weighted by Crippen LogP contribution is 2.16. The molecule has 0 aliphatic carbocycles.